The molecule has 1 N–H and O–H groups in total. The lowest BCUT2D eigenvalue weighted by Crippen LogP contribution is -2.45. The Labute approximate surface area is 140 Å². The average Bonchev–Trinajstić information content (AvgIpc) is 2.84. The minimum absolute atomic E-state index is 0.00730. The zero-order valence-corrected chi connectivity index (χ0v) is 15.9. The van der Waals surface area contributed by atoms with Gasteiger partial charge in [0.1, 0.15) is 5.60 Å². The predicted molar refractivity (Wildman–Crippen MR) is 92.4 cm³/mol. The summed E-state index contributed by atoms with van der Waals surface area (Å²) in [4.78, 5) is 13.9. The van der Waals surface area contributed by atoms with E-state index in [1.807, 2.05) is 27.7 Å². The van der Waals surface area contributed by atoms with Crippen LogP contribution < -0.4 is 5.32 Å². The molecule has 23 heavy (non-hydrogen) atoms. The van der Waals surface area contributed by atoms with Crippen LogP contribution in [0.2, 0.25) is 0 Å². The van der Waals surface area contributed by atoms with Crippen LogP contribution >= 0.6 is 0 Å². The molecule has 1 amide bonds. The quantitative estimate of drug-likeness (QED) is 0.763. The molecular formula is C16H32N2O4S. The Morgan fingerprint density at radius 1 is 1.26 bits per heavy atom. The summed E-state index contributed by atoms with van der Waals surface area (Å²) < 4.78 is 29.0. The Bertz CT molecular complexity index is 485. The molecule has 1 aliphatic carbocycles. The van der Waals surface area contributed by atoms with Crippen LogP contribution in [0.25, 0.3) is 0 Å². The van der Waals surface area contributed by atoms with Crippen molar-refractivity contribution in [2.45, 2.75) is 70.3 Å². The van der Waals surface area contributed by atoms with Gasteiger partial charge in [0.05, 0.1) is 5.25 Å². The highest BCUT2D eigenvalue weighted by molar-refractivity contribution is 7.91. The first-order chi connectivity index (χ1) is 10.5. The minimum Gasteiger partial charge on any atom is -0.444 e. The summed E-state index contributed by atoms with van der Waals surface area (Å²) in [6.07, 6.45) is 4.38. The lowest BCUT2D eigenvalue weighted by atomic mass is 10.2. The molecule has 1 rings (SSSR count). The summed E-state index contributed by atoms with van der Waals surface area (Å²) in [5.74, 6) is 0. The van der Waals surface area contributed by atoms with E-state index in [2.05, 4.69) is 5.32 Å². The number of nitrogens with zero attached hydrogens (tertiary/aromatic N) is 1. The van der Waals surface area contributed by atoms with E-state index in [-0.39, 0.29) is 17.4 Å². The summed E-state index contributed by atoms with van der Waals surface area (Å²) in [6, 6.07) is -0.00730. The second-order valence-electron chi connectivity index (χ2n) is 7.33. The monoisotopic (exact) mass is 348 g/mol. The number of carbonyl (C=O) groups is 1. The van der Waals surface area contributed by atoms with E-state index in [9.17, 15) is 13.2 Å². The first-order valence-corrected chi connectivity index (χ1v) is 10.4. The highest BCUT2D eigenvalue weighted by Gasteiger charge is 2.34. The molecule has 136 valence electrons. The molecule has 0 spiro atoms. The Morgan fingerprint density at radius 3 is 2.43 bits per heavy atom. The maximum absolute atomic E-state index is 12.2. The second kappa shape index (κ2) is 8.33. The molecule has 2 atom stereocenters. The third-order valence-electron chi connectivity index (χ3n) is 3.94. The fraction of sp³-hybridized carbons (Fsp3) is 0.938. The minimum atomic E-state index is -3.02. The van der Waals surface area contributed by atoms with Gasteiger partial charge in [0.15, 0.2) is 9.84 Å². The summed E-state index contributed by atoms with van der Waals surface area (Å²) >= 11 is 0. The van der Waals surface area contributed by atoms with Crippen LogP contribution in [0.5, 0.6) is 0 Å². The molecule has 0 aromatic carbocycles. The van der Waals surface area contributed by atoms with Gasteiger partial charge in [-0.3, -0.25) is 0 Å². The van der Waals surface area contributed by atoms with Gasteiger partial charge in [-0.2, -0.15) is 0 Å². The van der Waals surface area contributed by atoms with Crippen LogP contribution in [0.3, 0.4) is 0 Å². The Morgan fingerprint density at radius 2 is 1.91 bits per heavy atom. The van der Waals surface area contributed by atoms with Gasteiger partial charge >= 0.3 is 6.09 Å². The summed E-state index contributed by atoms with van der Waals surface area (Å²) in [5, 5.41) is 3.01. The summed E-state index contributed by atoms with van der Waals surface area (Å²) in [7, 11) is -3.02. The maximum Gasteiger partial charge on any atom is 0.410 e. The van der Waals surface area contributed by atoms with Crippen molar-refractivity contribution in [2.75, 3.05) is 25.9 Å². The zero-order valence-electron chi connectivity index (χ0n) is 15.1. The van der Waals surface area contributed by atoms with Crippen molar-refractivity contribution in [1.82, 2.24) is 10.2 Å². The Hall–Kier alpha value is -0.820. The molecular weight excluding hydrogens is 316 g/mol. The van der Waals surface area contributed by atoms with E-state index < -0.39 is 15.4 Å². The van der Waals surface area contributed by atoms with Crippen molar-refractivity contribution in [2.24, 2.45) is 0 Å². The molecule has 6 nitrogen and oxygen atoms in total. The molecule has 1 fully saturated rings. The predicted octanol–water partition coefficient (Wildman–Crippen LogP) is 2.19. The molecule has 0 bridgehead atoms. The van der Waals surface area contributed by atoms with E-state index in [4.69, 9.17) is 4.74 Å². The third kappa shape index (κ3) is 7.08. The number of hydrogen-bond acceptors (Lipinski definition) is 5. The molecule has 0 aliphatic heterocycles. The molecule has 2 unspecified atom stereocenters. The summed E-state index contributed by atoms with van der Waals surface area (Å²) in [5.41, 5.74) is -0.511. The smallest absolute Gasteiger partial charge is 0.410 e. The van der Waals surface area contributed by atoms with Gasteiger partial charge in [-0.25, -0.2) is 13.2 Å². The normalized spacial score (nSPS) is 22.1. The van der Waals surface area contributed by atoms with Crippen molar-refractivity contribution < 1.29 is 17.9 Å². The third-order valence-corrected chi connectivity index (χ3v) is 5.60. The molecule has 0 heterocycles. The van der Waals surface area contributed by atoms with Crippen LogP contribution in [-0.2, 0) is 14.6 Å². The van der Waals surface area contributed by atoms with Crippen molar-refractivity contribution in [3.05, 3.63) is 0 Å². The molecule has 1 aliphatic rings. The van der Waals surface area contributed by atoms with Crippen LogP contribution in [0.1, 0.15) is 53.4 Å². The highest BCUT2D eigenvalue weighted by atomic mass is 32.2. The standard InChI is InChI=1S/C16H32N2O4S/c1-6-11-18(15(19)22-16(2,3)4)12-10-17-13-8-7-9-14(13)23(5,20)21/h13-14,17H,6-12H2,1-5H3. The zero-order chi connectivity index (χ0) is 17.7. The van der Waals surface area contributed by atoms with E-state index in [0.717, 1.165) is 25.7 Å². The highest BCUT2D eigenvalue weighted by Crippen LogP contribution is 2.24. The fourth-order valence-electron chi connectivity index (χ4n) is 2.95. The van der Waals surface area contributed by atoms with E-state index >= 15 is 0 Å². The van der Waals surface area contributed by atoms with Gasteiger partial charge < -0.3 is 15.0 Å². The lowest BCUT2D eigenvalue weighted by molar-refractivity contribution is 0.0250. The number of amides is 1. The van der Waals surface area contributed by atoms with Crippen LogP contribution in [0.15, 0.2) is 0 Å². The molecule has 0 aromatic heterocycles. The Kier molecular flexibility index (Phi) is 7.32. The SMILES string of the molecule is CCCN(CCNC1CCCC1S(C)(=O)=O)C(=O)OC(C)(C)C. The maximum atomic E-state index is 12.2. The number of rotatable bonds is 7. The van der Waals surface area contributed by atoms with Gasteiger partial charge in [0.2, 0.25) is 0 Å². The van der Waals surface area contributed by atoms with Crippen molar-refractivity contribution in [1.29, 1.82) is 0 Å². The van der Waals surface area contributed by atoms with Gasteiger partial charge in [0.25, 0.3) is 0 Å². The first-order valence-electron chi connectivity index (χ1n) is 8.44. The number of hydrogen-bond donors (Lipinski definition) is 1. The number of nitrogens with one attached hydrogen (secondary N) is 1. The molecule has 1 saturated carbocycles. The van der Waals surface area contributed by atoms with Crippen molar-refractivity contribution >= 4 is 15.9 Å². The van der Waals surface area contributed by atoms with Crippen molar-refractivity contribution in [3.63, 3.8) is 0 Å². The lowest BCUT2D eigenvalue weighted by Gasteiger charge is -2.28. The molecule has 7 heteroatoms. The second-order valence-corrected chi connectivity index (χ2v) is 9.59. The van der Waals surface area contributed by atoms with E-state index in [1.54, 1.807) is 4.90 Å². The average molecular weight is 349 g/mol. The van der Waals surface area contributed by atoms with Gasteiger partial charge in [0, 0.05) is 31.9 Å². The Balaban J connectivity index is 2.51. The summed E-state index contributed by atoms with van der Waals surface area (Å²) in [6.45, 7) is 9.30. The van der Waals surface area contributed by atoms with Crippen molar-refractivity contribution in [3.8, 4) is 0 Å². The largest absolute Gasteiger partial charge is 0.444 e. The molecule has 0 radical (unpaired) electrons. The van der Waals surface area contributed by atoms with E-state index in [0.29, 0.717) is 19.6 Å². The number of carbonyl (C=O) groups excluding carboxylic acids is 1. The first kappa shape index (κ1) is 20.2. The topological polar surface area (TPSA) is 75.7 Å². The number of ether oxygens (including phenoxy) is 1. The van der Waals surface area contributed by atoms with Gasteiger partial charge in [-0.1, -0.05) is 13.3 Å². The van der Waals surface area contributed by atoms with Crippen LogP contribution in [-0.4, -0.2) is 62.2 Å². The van der Waals surface area contributed by atoms with Crippen LogP contribution in [0, 0.1) is 0 Å². The van der Waals surface area contributed by atoms with Gasteiger partial charge in [-0.15, -0.1) is 0 Å². The fourth-order valence-corrected chi connectivity index (χ4v) is 4.37. The van der Waals surface area contributed by atoms with Gasteiger partial charge in [-0.05, 0) is 40.0 Å². The number of sulfone groups is 1. The molecule has 0 saturated heterocycles. The van der Waals surface area contributed by atoms with Crippen LogP contribution in [0.4, 0.5) is 4.79 Å². The molecule has 0 aromatic rings. The van der Waals surface area contributed by atoms with E-state index in [1.165, 1.54) is 6.26 Å².